The first-order chi connectivity index (χ1) is 12.3. The van der Waals surface area contributed by atoms with E-state index in [4.69, 9.17) is 22.1 Å². The highest BCUT2D eigenvalue weighted by Crippen LogP contribution is 2.30. The summed E-state index contributed by atoms with van der Waals surface area (Å²) in [5.41, 5.74) is 5.56. The van der Waals surface area contributed by atoms with Crippen molar-refractivity contribution in [3.05, 3.63) is 68.5 Å². The Kier molecular flexibility index (Phi) is 6.48. The molecule has 2 aromatic rings. The minimum Gasteiger partial charge on any atom is -0.482 e. The van der Waals surface area contributed by atoms with E-state index in [0.29, 0.717) is 5.56 Å². The van der Waals surface area contributed by atoms with Gasteiger partial charge in [-0.1, -0.05) is 23.7 Å². The molecule has 0 spiro atoms. The van der Waals surface area contributed by atoms with E-state index in [1.807, 2.05) is 0 Å². The number of halogens is 2. The van der Waals surface area contributed by atoms with Crippen molar-refractivity contribution in [2.75, 3.05) is 0 Å². The Balaban J connectivity index is 2.16. The zero-order valence-electron chi connectivity index (χ0n) is 13.9. The molecule has 0 aliphatic rings. The van der Waals surface area contributed by atoms with Crippen LogP contribution in [0.4, 0.5) is 10.1 Å². The van der Waals surface area contributed by atoms with Crippen molar-refractivity contribution in [1.82, 2.24) is 5.32 Å². The second-order valence-corrected chi connectivity index (χ2v) is 5.96. The summed E-state index contributed by atoms with van der Waals surface area (Å²) in [6.07, 6.45) is 0. The van der Waals surface area contributed by atoms with Gasteiger partial charge in [0.25, 0.3) is 0 Å². The van der Waals surface area contributed by atoms with Crippen molar-refractivity contribution in [1.29, 1.82) is 0 Å². The number of nitrogens with zero attached hydrogens (tertiary/aromatic N) is 1. The van der Waals surface area contributed by atoms with Gasteiger partial charge in [0, 0.05) is 18.2 Å². The van der Waals surface area contributed by atoms with Crippen molar-refractivity contribution < 1.29 is 18.8 Å². The average molecular weight is 382 g/mol. The highest BCUT2D eigenvalue weighted by molar-refractivity contribution is 6.31. The third-order valence-corrected chi connectivity index (χ3v) is 4.05. The number of hydrogen-bond donors (Lipinski definition) is 2. The molecule has 26 heavy (non-hydrogen) atoms. The predicted octanol–water partition coefficient (Wildman–Crippen LogP) is 2.93. The first-order valence-electron chi connectivity index (χ1n) is 7.65. The summed E-state index contributed by atoms with van der Waals surface area (Å²) >= 11 is 5.92. The fourth-order valence-electron chi connectivity index (χ4n) is 2.13. The SMILES string of the molecule is CC(NCc1ccc(OCc2c(F)cccc2Cl)c([N+](=O)[O-])c1)C(N)=O. The molecule has 0 aromatic heterocycles. The van der Waals surface area contributed by atoms with Gasteiger partial charge in [-0.05, 0) is 30.7 Å². The zero-order chi connectivity index (χ0) is 19.3. The molecule has 1 unspecified atom stereocenters. The van der Waals surface area contributed by atoms with Crippen LogP contribution in [-0.2, 0) is 17.9 Å². The van der Waals surface area contributed by atoms with Gasteiger partial charge in [-0.25, -0.2) is 4.39 Å². The molecular weight excluding hydrogens is 365 g/mol. The van der Waals surface area contributed by atoms with Gasteiger partial charge < -0.3 is 15.8 Å². The minimum absolute atomic E-state index is 0.0129. The molecule has 0 aliphatic heterocycles. The number of rotatable bonds is 8. The van der Waals surface area contributed by atoms with Crippen LogP contribution in [0.1, 0.15) is 18.1 Å². The molecule has 2 aromatic carbocycles. The number of carbonyl (C=O) groups is 1. The van der Waals surface area contributed by atoms with E-state index in [1.54, 1.807) is 13.0 Å². The number of amides is 1. The van der Waals surface area contributed by atoms with Crippen LogP contribution in [0.5, 0.6) is 5.75 Å². The van der Waals surface area contributed by atoms with E-state index >= 15 is 0 Å². The van der Waals surface area contributed by atoms with E-state index in [1.165, 1.54) is 30.3 Å². The Labute approximate surface area is 154 Å². The molecule has 9 heteroatoms. The molecule has 0 bridgehead atoms. The van der Waals surface area contributed by atoms with Gasteiger partial charge in [0.1, 0.15) is 12.4 Å². The van der Waals surface area contributed by atoms with Crippen LogP contribution >= 0.6 is 11.6 Å². The standard InChI is InChI=1S/C17H17ClFN3O4/c1-10(17(20)23)21-8-11-5-6-16(15(7-11)22(24)25)26-9-12-13(18)3-2-4-14(12)19/h2-7,10,21H,8-9H2,1H3,(H2,20,23). The molecular formula is C17H17ClFN3O4. The molecule has 0 saturated heterocycles. The highest BCUT2D eigenvalue weighted by atomic mass is 35.5. The number of carbonyl (C=O) groups excluding carboxylic acids is 1. The van der Waals surface area contributed by atoms with Crippen molar-refractivity contribution in [2.45, 2.75) is 26.1 Å². The van der Waals surface area contributed by atoms with E-state index in [9.17, 15) is 19.3 Å². The lowest BCUT2D eigenvalue weighted by Gasteiger charge is -2.12. The summed E-state index contributed by atoms with van der Waals surface area (Å²) in [7, 11) is 0. The van der Waals surface area contributed by atoms with E-state index in [2.05, 4.69) is 5.32 Å². The van der Waals surface area contributed by atoms with E-state index in [0.717, 1.165) is 0 Å². The molecule has 1 amide bonds. The molecule has 2 rings (SSSR count). The van der Waals surface area contributed by atoms with Crippen molar-refractivity contribution in [2.24, 2.45) is 5.73 Å². The lowest BCUT2D eigenvalue weighted by Crippen LogP contribution is -2.38. The Hall–Kier alpha value is -2.71. The molecule has 7 nitrogen and oxygen atoms in total. The van der Waals surface area contributed by atoms with E-state index in [-0.39, 0.29) is 35.2 Å². The van der Waals surface area contributed by atoms with Crippen molar-refractivity contribution in [3.63, 3.8) is 0 Å². The number of hydrogen-bond acceptors (Lipinski definition) is 5. The lowest BCUT2D eigenvalue weighted by molar-refractivity contribution is -0.386. The van der Waals surface area contributed by atoms with Crippen LogP contribution in [0.15, 0.2) is 36.4 Å². The zero-order valence-corrected chi connectivity index (χ0v) is 14.6. The fraction of sp³-hybridized carbons (Fsp3) is 0.235. The smallest absolute Gasteiger partial charge is 0.311 e. The monoisotopic (exact) mass is 381 g/mol. The van der Waals surface area contributed by atoms with Crippen LogP contribution in [0, 0.1) is 15.9 Å². The normalized spacial score (nSPS) is 11.8. The summed E-state index contributed by atoms with van der Waals surface area (Å²) in [6.45, 7) is 1.55. The number of nitro benzene ring substituents is 1. The average Bonchev–Trinajstić information content (AvgIpc) is 2.59. The number of nitro groups is 1. The van der Waals surface area contributed by atoms with Gasteiger partial charge in [0.2, 0.25) is 5.91 Å². The second kappa shape index (κ2) is 8.59. The van der Waals surface area contributed by atoms with Crippen LogP contribution in [0.3, 0.4) is 0 Å². The van der Waals surface area contributed by atoms with Gasteiger partial charge in [-0.3, -0.25) is 14.9 Å². The molecule has 0 saturated carbocycles. The highest BCUT2D eigenvalue weighted by Gasteiger charge is 2.18. The van der Waals surface area contributed by atoms with Gasteiger partial charge >= 0.3 is 5.69 Å². The van der Waals surface area contributed by atoms with Gasteiger partial charge in [-0.2, -0.15) is 0 Å². The van der Waals surface area contributed by atoms with Gasteiger partial charge in [0.05, 0.1) is 16.0 Å². The topological polar surface area (TPSA) is 107 Å². The molecule has 1 atom stereocenters. The quantitative estimate of drug-likeness (QED) is 0.540. The number of nitrogens with one attached hydrogen (secondary N) is 1. The Morgan fingerprint density at radius 2 is 2.15 bits per heavy atom. The van der Waals surface area contributed by atoms with Crippen LogP contribution < -0.4 is 15.8 Å². The molecule has 0 radical (unpaired) electrons. The number of primary amides is 1. The lowest BCUT2D eigenvalue weighted by atomic mass is 10.1. The molecule has 0 aliphatic carbocycles. The molecule has 138 valence electrons. The number of benzene rings is 2. The first-order valence-corrected chi connectivity index (χ1v) is 8.03. The first kappa shape index (κ1) is 19.6. The summed E-state index contributed by atoms with van der Waals surface area (Å²) < 4.78 is 19.2. The van der Waals surface area contributed by atoms with Crippen LogP contribution in [0.2, 0.25) is 5.02 Å². The van der Waals surface area contributed by atoms with Crippen molar-refractivity contribution >= 4 is 23.2 Å². The maximum atomic E-state index is 13.8. The Morgan fingerprint density at radius 3 is 2.77 bits per heavy atom. The summed E-state index contributed by atoms with van der Waals surface area (Å²) in [6, 6.07) is 7.95. The number of ether oxygens (including phenoxy) is 1. The second-order valence-electron chi connectivity index (χ2n) is 5.55. The molecule has 0 fully saturated rings. The van der Waals surface area contributed by atoms with Crippen LogP contribution in [-0.4, -0.2) is 16.9 Å². The van der Waals surface area contributed by atoms with Crippen molar-refractivity contribution in [3.8, 4) is 5.75 Å². The van der Waals surface area contributed by atoms with E-state index < -0.39 is 22.7 Å². The van der Waals surface area contributed by atoms with Gasteiger partial charge in [0.15, 0.2) is 5.75 Å². The fourth-order valence-corrected chi connectivity index (χ4v) is 2.35. The summed E-state index contributed by atoms with van der Waals surface area (Å²) in [5.74, 6) is -1.09. The van der Waals surface area contributed by atoms with Gasteiger partial charge in [-0.15, -0.1) is 0 Å². The molecule has 0 heterocycles. The Bertz CT molecular complexity index is 811. The predicted molar refractivity (Wildman–Crippen MR) is 94.3 cm³/mol. The Morgan fingerprint density at radius 1 is 1.42 bits per heavy atom. The third kappa shape index (κ3) is 4.90. The largest absolute Gasteiger partial charge is 0.482 e. The summed E-state index contributed by atoms with van der Waals surface area (Å²) in [5, 5.41) is 14.3. The van der Waals surface area contributed by atoms with Crippen LogP contribution in [0.25, 0.3) is 0 Å². The minimum atomic E-state index is -0.598. The number of nitrogens with two attached hydrogens (primary N) is 1. The maximum absolute atomic E-state index is 13.8. The third-order valence-electron chi connectivity index (χ3n) is 3.69. The maximum Gasteiger partial charge on any atom is 0.311 e. The molecule has 3 N–H and O–H groups in total. The summed E-state index contributed by atoms with van der Waals surface area (Å²) in [4.78, 5) is 21.7.